The molecule has 0 fully saturated rings. The van der Waals surface area contributed by atoms with Crippen molar-refractivity contribution in [1.82, 2.24) is 29.1 Å². The summed E-state index contributed by atoms with van der Waals surface area (Å²) in [5.74, 6) is 0. The number of nitrogens with zero attached hydrogens (tertiary/aromatic N) is 7. The number of halogens is 4. The molecule has 0 spiro atoms. The van der Waals surface area contributed by atoms with E-state index >= 15 is 0 Å². The Balaban J connectivity index is 0.000000155. The van der Waals surface area contributed by atoms with Crippen LogP contribution in [0.25, 0.3) is 43.6 Å². The summed E-state index contributed by atoms with van der Waals surface area (Å²) in [5.41, 5.74) is 7.06. The van der Waals surface area contributed by atoms with Crippen LogP contribution >= 0.6 is 45.8 Å². The first-order valence-corrected chi connectivity index (χ1v) is 16.0. The van der Waals surface area contributed by atoms with Gasteiger partial charge in [-0.3, -0.25) is 24.3 Å². The number of nitriles is 1. The van der Waals surface area contributed by atoms with E-state index < -0.39 is 7.15 Å². The Morgan fingerprint density at radius 3 is 1.83 bits per heavy atom. The lowest BCUT2D eigenvalue weighted by Gasteiger charge is -2.07. The van der Waals surface area contributed by atoms with E-state index in [9.17, 15) is 9.65 Å². The molecule has 232 valence electrons. The third kappa shape index (κ3) is 7.05. The molecule has 0 radical (unpaired) electrons. The van der Waals surface area contributed by atoms with E-state index in [0.717, 1.165) is 44.8 Å². The molecule has 0 aliphatic carbocycles. The van der Waals surface area contributed by atoms with Crippen LogP contribution in [0.2, 0.25) is 10.0 Å². The molecule has 0 aliphatic rings. The Morgan fingerprint density at radius 2 is 1.28 bits per heavy atom. The molecule has 0 saturated carbocycles. The van der Waals surface area contributed by atoms with Crippen LogP contribution in [0.3, 0.4) is 0 Å². The fourth-order valence-electron chi connectivity index (χ4n) is 5.49. The van der Waals surface area contributed by atoms with Crippen LogP contribution in [0, 0.1) is 14.9 Å². The molecule has 0 atom stereocenters. The maximum atomic E-state index is 9.96. The summed E-state index contributed by atoms with van der Waals surface area (Å²) in [4.78, 5) is 16.9. The molecule has 8 rings (SSSR count). The first-order chi connectivity index (χ1) is 23.4. The van der Waals surface area contributed by atoms with Gasteiger partial charge in [-0.2, -0.15) is 5.26 Å². The molecule has 0 aliphatic heterocycles. The zero-order valence-corrected chi connectivity index (χ0v) is 28.3. The van der Waals surface area contributed by atoms with Crippen molar-refractivity contribution in [2.45, 2.75) is 13.1 Å². The van der Waals surface area contributed by atoms with E-state index in [1.165, 1.54) is 20.0 Å². The Morgan fingerprint density at radius 1 is 0.766 bits per heavy atom. The average molecular weight is 773 g/mol. The lowest BCUT2D eigenvalue weighted by molar-refractivity contribution is 0.636. The van der Waals surface area contributed by atoms with Gasteiger partial charge in [0.1, 0.15) is 6.07 Å². The molecule has 47 heavy (non-hydrogen) atoms. The van der Waals surface area contributed by atoms with E-state index in [-0.39, 0.29) is 0 Å². The standard InChI is InChI=1S/C18H11ClN4.C17H11ClIN3.CH3F/c19-15-6-13-5-12(1-2-17(13)22-8-15)10-23-11-14(7-20)16-9-21-4-3-18(16)23;18-13-6-12-5-11(1-2-16(12)21-7-13)9-22-10-15(19)14-8-20-4-3-17(14)22;1-2/h1-6,8-9,11H,10H2;1-8,10H,9H2;1H3/i;;1D. The minimum absolute atomic E-state index is 0.624. The summed E-state index contributed by atoms with van der Waals surface area (Å²) < 4.78 is 21.0. The second-order valence-electron chi connectivity index (χ2n) is 10.5. The molecule has 11 heteroatoms. The van der Waals surface area contributed by atoms with Crippen LogP contribution < -0.4 is 0 Å². The van der Waals surface area contributed by atoms with Crippen LogP contribution in [0.5, 0.6) is 0 Å². The van der Waals surface area contributed by atoms with Crippen LogP contribution in [-0.4, -0.2) is 36.2 Å². The van der Waals surface area contributed by atoms with Gasteiger partial charge in [0.2, 0.25) is 0 Å². The van der Waals surface area contributed by atoms with Crippen LogP contribution in [-0.2, 0) is 13.1 Å². The summed E-state index contributed by atoms with van der Waals surface area (Å²) in [6, 6.07) is 22.5. The average Bonchev–Trinajstić information content (AvgIpc) is 3.61. The predicted octanol–water partition coefficient (Wildman–Crippen LogP) is 9.63. The molecule has 0 amide bonds. The van der Waals surface area contributed by atoms with Crippen molar-refractivity contribution in [3.63, 3.8) is 0 Å². The van der Waals surface area contributed by atoms with Gasteiger partial charge in [0.15, 0.2) is 0 Å². The Bertz CT molecular complexity index is 2440. The van der Waals surface area contributed by atoms with Crippen molar-refractivity contribution in [3.8, 4) is 6.07 Å². The molecule has 0 N–H and O–H groups in total. The largest absolute Gasteiger partial charge is 0.342 e. The van der Waals surface area contributed by atoms with Crippen LogP contribution in [0.4, 0.5) is 4.39 Å². The topological polar surface area (TPSA) is 85.2 Å². The van der Waals surface area contributed by atoms with E-state index in [4.69, 9.17) is 24.6 Å². The van der Waals surface area contributed by atoms with Gasteiger partial charge in [-0.25, -0.2) is 0 Å². The molecular formula is C36H25Cl2FIN7. The monoisotopic (exact) mass is 772 g/mol. The molecule has 2 aromatic carbocycles. The summed E-state index contributed by atoms with van der Waals surface area (Å²) in [5, 5.41) is 14.7. The predicted molar refractivity (Wildman–Crippen MR) is 196 cm³/mol. The quantitative estimate of drug-likeness (QED) is 0.166. The normalized spacial score (nSPS) is 11.1. The van der Waals surface area contributed by atoms with E-state index in [1.54, 1.807) is 24.8 Å². The van der Waals surface area contributed by atoms with Gasteiger partial charge in [-0.05, 0) is 82.2 Å². The highest BCUT2D eigenvalue weighted by Gasteiger charge is 2.10. The molecule has 0 unspecified atom stereocenters. The van der Waals surface area contributed by atoms with Crippen molar-refractivity contribution in [3.05, 3.63) is 141 Å². The smallest absolute Gasteiger partial charge is 0.101 e. The molecule has 7 nitrogen and oxygen atoms in total. The number of fused-ring (bicyclic) bond motifs is 4. The highest BCUT2D eigenvalue weighted by Crippen LogP contribution is 2.25. The number of hydrogen-bond acceptors (Lipinski definition) is 5. The van der Waals surface area contributed by atoms with E-state index in [1.807, 2.05) is 55.0 Å². The maximum Gasteiger partial charge on any atom is 0.101 e. The number of aromatic nitrogens is 6. The molecule has 6 heterocycles. The molecular weight excluding hydrogens is 747 g/mol. The van der Waals surface area contributed by atoms with Gasteiger partial charge < -0.3 is 9.13 Å². The number of benzene rings is 2. The van der Waals surface area contributed by atoms with Crippen molar-refractivity contribution in [2.24, 2.45) is 0 Å². The lowest BCUT2D eigenvalue weighted by Crippen LogP contribution is -1.98. The summed E-state index contributed by atoms with van der Waals surface area (Å²) in [6.45, 7) is 1.48. The van der Waals surface area contributed by atoms with Crippen LogP contribution in [0.1, 0.15) is 18.1 Å². The Kier molecular flexibility index (Phi) is 9.51. The summed E-state index contributed by atoms with van der Waals surface area (Å²) >= 11 is 14.4. The highest BCUT2D eigenvalue weighted by atomic mass is 127. The second kappa shape index (κ2) is 14.4. The molecule has 0 saturated heterocycles. The van der Waals surface area contributed by atoms with Crippen molar-refractivity contribution in [2.75, 3.05) is 7.15 Å². The maximum absolute atomic E-state index is 9.96. The molecule has 6 aromatic heterocycles. The van der Waals surface area contributed by atoms with Gasteiger partial charge in [-0.1, -0.05) is 35.3 Å². The third-order valence-electron chi connectivity index (χ3n) is 7.57. The minimum Gasteiger partial charge on any atom is -0.342 e. The van der Waals surface area contributed by atoms with Gasteiger partial charge in [0.25, 0.3) is 0 Å². The zero-order valence-electron chi connectivity index (χ0n) is 25.7. The van der Waals surface area contributed by atoms with Crippen molar-refractivity contribution in [1.29, 1.82) is 5.26 Å². The highest BCUT2D eigenvalue weighted by molar-refractivity contribution is 14.1. The van der Waals surface area contributed by atoms with Crippen molar-refractivity contribution >= 4 is 89.4 Å². The van der Waals surface area contributed by atoms with E-state index in [0.29, 0.717) is 22.2 Å². The molecule has 8 aromatic rings. The fraction of sp³-hybridized carbons (Fsp3) is 0.0833. The van der Waals surface area contributed by atoms with Gasteiger partial charge >= 0.3 is 0 Å². The van der Waals surface area contributed by atoms with E-state index in [2.05, 4.69) is 88.2 Å². The van der Waals surface area contributed by atoms with Gasteiger partial charge in [0, 0.05) is 87.8 Å². The minimum atomic E-state index is -1.00. The fourth-order valence-corrected chi connectivity index (χ4v) is 6.57. The first-order valence-electron chi connectivity index (χ1n) is 14.9. The number of hydrogen-bond donors (Lipinski definition) is 0. The first kappa shape index (κ1) is 31.0. The SMILES string of the molecule is Clc1cnc2ccc(Cn3cc(I)c4cnccc43)cc2c1.N#Cc1cn(Cc2ccc3ncc(Cl)cc3c2)c2ccncc12.[2H]CF. The van der Waals surface area contributed by atoms with Crippen LogP contribution in [0.15, 0.2) is 110 Å². The summed E-state index contributed by atoms with van der Waals surface area (Å²) in [6.07, 6.45) is 14.6. The second-order valence-corrected chi connectivity index (χ2v) is 12.6. The number of pyridine rings is 4. The summed E-state index contributed by atoms with van der Waals surface area (Å²) in [7, 11) is -1.00. The third-order valence-corrected chi connectivity index (χ3v) is 8.84. The van der Waals surface area contributed by atoms with Crippen molar-refractivity contribution < 1.29 is 5.76 Å². The zero-order chi connectivity index (χ0) is 33.6. The Hall–Kier alpha value is -4.63. The molecule has 0 bridgehead atoms. The number of rotatable bonds is 4. The van der Waals surface area contributed by atoms with Gasteiger partial charge in [0.05, 0.1) is 46.2 Å². The Labute approximate surface area is 294 Å². The lowest BCUT2D eigenvalue weighted by atomic mass is 10.1. The van der Waals surface area contributed by atoms with Gasteiger partial charge in [-0.15, -0.1) is 0 Å². The number of alkyl halides is 1.